The fourth-order valence-corrected chi connectivity index (χ4v) is 0.684. The molecule has 0 saturated heterocycles. The first-order chi connectivity index (χ1) is 5.72. The van der Waals surface area contributed by atoms with Crippen molar-refractivity contribution in [1.29, 1.82) is 0 Å². The molecule has 0 aliphatic carbocycles. The van der Waals surface area contributed by atoms with Gasteiger partial charge in [-0.05, 0) is 6.42 Å². The molecule has 3 nitrogen and oxygen atoms in total. The molecule has 0 aromatic heterocycles. The van der Waals surface area contributed by atoms with E-state index in [0.717, 1.165) is 19.3 Å². The summed E-state index contributed by atoms with van der Waals surface area (Å²) in [7, 11) is 0. The molecule has 0 spiro atoms. The van der Waals surface area contributed by atoms with E-state index >= 15 is 0 Å². The summed E-state index contributed by atoms with van der Waals surface area (Å²) in [5.74, 6) is -0.492. The van der Waals surface area contributed by atoms with Crippen molar-refractivity contribution in [3.63, 3.8) is 0 Å². The molecule has 0 aromatic rings. The first kappa shape index (κ1) is 11.2. The summed E-state index contributed by atoms with van der Waals surface area (Å²) in [6, 6.07) is 0. The molecule has 0 fully saturated rings. The Morgan fingerprint density at radius 3 is 2.67 bits per heavy atom. The normalized spacial score (nSPS) is 9.50. The van der Waals surface area contributed by atoms with Crippen LogP contribution in [0.1, 0.15) is 26.2 Å². The van der Waals surface area contributed by atoms with Crippen LogP contribution >= 0.6 is 0 Å². The Kier molecular flexibility index (Phi) is 6.38. The fraction of sp³-hybridized carbons (Fsp3) is 0.667. The van der Waals surface area contributed by atoms with Gasteiger partial charge in [0.2, 0.25) is 0 Å². The summed E-state index contributed by atoms with van der Waals surface area (Å²) in [6.45, 7) is 5.52. The van der Waals surface area contributed by atoms with Crippen molar-refractivity contribution in [2.24, 2.45) is 0 Å². The van der Waals surface area contributed by atoms with Crippen molar-refractivity contribution in [2.45, 2.75) is 26.2 Å². The molecular weight excluding hydrogens is 156 g/mol. The third-order valence-corrected chi connectivity index (χ3v) is 1.46. The molecule has 0 atom stereocenters. The maximum atomic E-state index is 10.9. The van der Waals surface area contributed by atoms with Crippen molar-refractivity contribution in [3.05, 3.63) is 12.2 Å². The highest BCUT2D eigenvalue weighted by molar-refractivity contribution is 5.87. The van der Waals surface area contributed by atoms with Gasteiger partial charge in [0.25, 0.3) is 0 Å². The largest absolute Gasteiger partial charge is 0.462 e. The number of hydrogen-bond acceptors (Lipinski definition) is 3. The second-order valence-electron chi connectivity index (χ2n) is 2.60. The molecule has 0 unspecified atom stereocenters. The minimum atomic E-state index is -0.492. The molecule has 0 bridgehead atoms. The molecule has 3 heteroatoms. The number of carbonyl (C=O) groups excluding carboxylic acids is 1. The van der Waals surface area contributed by atoms with Crippen molar-refractivity contribution < 1.29 is 14.6 Å². The zero-order chi connectivity index (χ0) is 9.40. The van der Waals surface area contributed by atoms with Crippen molar-refractivity contribution in [1.82, 2.24) is 0 Å². The van der Waals surface area contributed by atoms with Crippen LogP contribution in [0.25, 0.3) is 0 Å². The topological polar surface area (TPSA) is 46.5 Å². The number of esters is 1. The summed E-state index contributed by atoms with van der Waals surface area (Å²) in [5, 5.41) is 8.51. The average Bonchev–Trinajstić information content (AvgIpc) is 2.10. The van der Waals surface area contributed by atoms with Crippen LogP contribution in [0.2, 0.25) is 0 Å². The van der Waals surface area contributed by atoms with Gasteiger partial charge in [-0.15, -0.1) is 0 Å². The van der Waals surface area contributed by atoms with Gasteiger partial charge < -0.3 is 9.84 Å². The lowest BCUT2D eigenvalue weighted by Gasteiger charge is -2.03. The summed E-state index contributed by atoms with van der Waals surface area (Å²) in [4.78, 5) is 10.9. The van der Waals surface area contributed by atoms with Gasteiger partial charge in [0.05, 0.1) is 18.8 Å². The van der Waals surface area contributed by atoms with E-state index in [1.165, 1.54) is 0 Å². The monoisotopic (exact) mass is 172 g/mol. The van der Waals surface area contributed by atoms with E-state index in [1.54, 1.807) is 0 Å². The van der Waals surface area contributed by atoms with E-state index < -0.39 is 5.97 Å². The molecule has 0 heterocycles. The van der Waals surface area contributed by atoms with Crippen molar-refractivity contribution in [3.8, 4) is 0 Å². The fourth-order valence-electron chi connectivity index (χ4n) is 0.684. The smallest absolute Gasteiger partial charge is 0.335 e. The Morgan fingerprint density at radius 1 is 1.50 bits per heavy atom. The van der Waals surface area contributed by atoms with Gasteiger partial charge in [-0.1, -0.05) is 26.3 Å². The Hall–Kier alpha value is -0.830. The zero-order valence-electron chi connectivity index (χ0n) is 7.51. The Labute approximate surface area is 73.0 Å². The van der Waals surface area contributed by atoms with Crippen LogP contribution < -0.4 is 0 Å². The third-order valence-electron chi connectivity index (χ3n) is 1.46. The van der Waals surface area contributed by atoms with Crippen LogP contribution in [0, 0.1) is 0 Å². The van der Waals surface area contributed by atoms with Crippen LogP contribution in [-0.4, -0.2) is 24.3 Å². The lowest BCUT2D eigenvalue weighted by Crippen LogP contribution is -2.10. The highest BCUT2D eigenvalue weighted by Gasteiger charge is 2.05. The number of rotatable bonds is 6. The predicted octanol–water partition coefficient (Wildman–Crippen LogP) is 1.27. The minimum Gasteiger partial charge on any atom is -0.462 e. The molecule has 1 N–H and O–H groups in total. The first-order valence-electron chi connectivity index (χ1n) is 4.18. The maximum Gasteiger partial charge on any atom is 0.335 e. The quantitative estimate of drug-likeness (QED) is 0.373. The number of unbranched alkanes of at least 4 members (excludes halogenated alkanes) is 2. The molecule has 0 rings (SSSR count). The Morgan fingerprint density at radius 2 is 2.17 bits per heavy atom. The highest BCUT2D eigenvalue weighted by Crippen LogP contribution is 1.97. The third kappa shape index (κ3) is 4.91. The molecule has 0 amide bonds. The second-order valence-corrected chi connectivity index (χ2v) is 2.60. The van der Waals surface area contributed by atoms with Gasteiger partial charge in [0.1, 0.15) is 0 Å². The summed E-state index contributed by atoms with van der Waals surface area (Å²) < 4.78 is 4.80. The highest BCUT2D eigenvalue weighted by atomic mass is 16.5. The van der Waals surface area contributed by atoms with Crippen LogP contribution in [0.15, 0.2) is 12.2 Å². The molecule has 70 valence electrons. The standard InChI is InChI=1S/C9H16O3/c1-3-4-5-6-12-9(11)8(2)7-10/h10H,2-7H2,1H3. The van der Waals surface area contributed by atoms with Crippen LogP contribution in [0.3, 0.4) is 0 Å². The SMILES string of the molecule is C=C(CO)C(=O)OCCCCC. The molecule has 0 aromatic carbocycles. The minimum absolute atomic E-state index is 0.117. The predicted molar refractivity (Wildman–Crippen MR) is 46.7 cm³/mol. The molecule has 0 aliphatic rings. The van der Waals surface area contributed by atoms with E-state index in [1.807, 2.05) is 0 Å². The van der Waals surface area contributed by atoms with E-state index in [0.29, 0.717) is 6.61 Å². The average molecular weight is 172 g/mol. The molecule has 0 radical (unpaired) electrons. The van der Waals surface area contributed by atoms with Crippen molar-refractivity contribution in [2.75, 3.05) is 13.2 Å². The number of hydrogen-bond donors (Lipinski definition) is 1. The number of ether oxygens (including phenoxy) is 1. The number of aliphatic hydroxyl groups excluding tert-OH is 1. The van der Waals surface area contributed by atoms with E-state index in [-0.39, 0.29) is 12.2 Å². The van der Waals surface area contributed by atoms with E-state index in [9.17, 15) is 4.79 Å². The van der Waals surface area contributed by atoms with Crippen LogP contribution in [0.4, 0.5) is 0 Å². The van der Waals surface area contributed by atoms with E-state index in [4.69, 9.17) is 9.84 Å². The second kappa shape index (κ2) is 6.85. The summed E-state index contributed by atoms with van der Waals surface area (Å²) in [6.07, 6.45) is 3.03. The number of aliphatic hydroxyl groups is 1. The lowest BCUT2D eigenvalue weighted by molar-refractivity contribution is -0.139. The molecule has 0 saturated carbocycles. The summed E-state index contributed by atoms with van der Waals surface area (Å²) in [5.41, 5.74) is 0.117. The van der Waals surface area contributed by atoms with Gasteiger partial charge in [-0.3, -0.25) is 0 Å². The molecule has 12 heavy (non-hydrogen) atoms. The Bertz CT molecular complexity index is 152. The van der Waals surface area contributed by atoms with Gasteiger partial charge >= 0.3 is 5.97 Å². The Balaban J connectivity index is 3.38. The number of carbonyl (C=O) groups is 1. The summed E-state index contributed by atoms with van der Waals surface area (Å²) >= 11 is 0. The van der Waals surface area contributed by atoms with Crippen LogP contribution in [-0.2, 0) is 9.53 Å². The van der Waals surface area contributed by atoms with Gasteiger partial charge in [0, 0.05) is 0 Å². The van der Waals surface area contributed by atoms with E-state index in [2.05, 4.69) is 13.5 Å². The lowest BCUT2D eigenvalue weighted by atomic mass is 10.3. The van der Waals surface area contributed by atoms with Gasteiger partial charge in [-0.25, -0.2) is 4.79 Å². The zero-order valence-corrected chi connectivity index (χ0v) is 7.51. The molecular formula is C9H16O3. The van der Waals surface area contributed by atoms with Gasteiger partial charge in [0.15, 0.2) is 0 Å². The van der Waals surface area contributed by atoms with Gasteiger partial charge in [-0.2, -0.15) is 0 Å². The molecule has 0 aliphatic heterocycles. The van der Waals surface area contributed by atoms with Crippen LogP contribution in [0.5, 0.6) is 0 Å². The maximum absolute atomic E-state index is 10.9. The first-order valence-corrected chi connectivity index (χ1v) is 4.18. The van der Waals surface area contributed by atoms with Crippen molar-refractivity contribution >= 4 is 5.97 Å².